The summed E-state index contributed by atoms with van der Waals surface area (Å²) in [7, 11) is 0. The molecule has 0 bridgehead atoms. The molecule has 0 aliphatic carbocycles. The average Bonchev–Trinajstić information content (AvgIpc) is 2.75. The van der Waals surface area contributed by atoms with E-state index in [-0.39, 0.29) is 0 Å². The van der Waals surface area contributed by atoms with E-state index in [1.54, 1.807) is 18.9 Å². The van der Waals surface area contributed by atoms with Crippen molar-refractivity contribution in [3.8, 4) is 0 Å². The van der Waals surface area contributed by atoms with Gasteiger partial charge in [-0.25, -0.2) is 0 Å². The van der Waals surface area contributed by atoms with Gasteiger partial charge in [-0.05, 0) is 0 Å². The van der Waals surface area contributed by atoms with Crippen LogP contribution in [0.4, 0.5) is 5.69 Å². The first-order valence-electron chi connectivity index (χ1n) is 11.4. The van der Waals surface area contributed by atoms with Crippen molar-refractivity contribution in [3.63, 3.8) is 0 Å². The van der Waals surface area contributed by atoms with Crippen molar-refractivity contribution in [2.24, 2.45) is 4.99 Å². The number of hydrogen-bond acceptors (Lipinski definition) is 1. The van der Waals surface area contributed by atoms with E-state index in [4.69, 9.17) is 4.99 Å². The van der Waals surface area contributed by atoms with Crippen LogP contribution >= 0.6 is 0 Å². The van der Waals surface area contributed by atoms with Gasteiger partial charge in [0, 0.05) is 0 Å². The Hall–Kier alpha value is -1.09. The Labute approximate surface area is 177 Å². The van der Waals surface area contributed by atoms with Crippen molar-refractivity contribution < 1.29 is 0 Å². The van der Waals surface area contributed by atoms with Gasteiger partial charge in [-0.1, -0.05) is 0 Å². The summed E-state index contributed by atoms with van der Waals surface area (Å²) >= 11 is -2.19. The fraction of sp³-hybridized carbons (Fsp3) is 0.500. The zero-order chi connectivity index (χ0) is 20.1. The second-order valence-corrected chi connectivity index (χ2v) is 22.1. The van der Waals surface area contributed by atoms with E-state index in [1.165, 1.54) is 48.5 Å². The van der Waals surface area contributed by atoms with Crippen LogP contribution in [0.25, 0.3) is 0 Å². The number of nitrogens with zero attached hydrogens (tertiary/aromatic N) is 1. The summed E-state index contributed by atoms with van der Waals surface area (Å²) in [5.74, 6) is 0. The van der Waals surface area contributed by atoms with Crippen molar-refractivity contribution >= 4 is 30.3 Å². The van der Waals surface area contributed by atoms with Crippen LogP contribution < -0.4 is 0 Å². The predicted octanol–water partition coefficient (Wildman–Crippen LogP) is 8.37. The first-order chi connectivity index (χ1) is 13.7. The van der Waals surface area contributed by atoms with E-state index in [9.17, 15) is 0 Å². The molecule has 0 radical (unpaired) electrons. The Kier molecular flexibility index (Phi) is 10.9. The van der Waals surface area contributed by atoms with E-state index in [0.717, 1.165) is 5.69 Å². The topological polar surface area (TPSA) is 12.4 Å². The van der Waals surface area contributed by atoms with Gasteiger partial charge in [0.25, 0.3) is 0 Å². The maximum absolute atomic E-state index is 4.75. The van der Waals surface area contributed by atoms with Gasteiger partial charge in [-0.15, -0.1) is 0 Å². The molecule has 2 aromatic carbocycles. The molecule has 0 amide bonds. The van der Waals surface area contributed by atoms with Crippen molar-refractivity contribution in [1.82, 2.24) is 0 Å². The molecule has 0 spiro atoms. The summed E-state index contributed by atoms with van der Waals surface area (Å²) in [5.41, 5.74) is 3.92. The van der Waals surface area contributed by atoms with Crippen LogP contribution in [-0.4, -0.2) is 24.6 Å². The minimum atomic E-state index is -2.19. The molecule has 0 atom stereocenters. The Morgan fingerprint density at radius 2 is 1.25 bits per heavy atom. The van der Waals surface area contributed by atoms with Crippen LogP contribution in [-0.2, 0) is 4.44 Å². The van der Waals surface area contributed by atoms with Crippen LogP contribution in [0, 0.1) is 0 Å². The van der Waals surface area contributed by atoms with Crippen LogP contribution in [0.15, 0.2) is 59.6 Å². The molecule has 0 saturated carbocycles. The maximum atomic E-state index is 4.75. The van der Waals surface area contributed by atoms with Crippen LogP contribution in [0.5, 0.6) is 0 Å². The Morgan fingerprint density at radius 1 is 0.714 bits per heavy atom. The van der Waals surface area contributed by atoms with E-state index in [2.05, 4.69) is 75.5 Å². The molecule has 0 saturated heterocycles. The van der Waals surface area contributed by atoms with Crippen molar-refractivity contribution in [3.05, 3.63) is 65.7 Å². The Morgan fingerprint density at radius 3 is 1.82 bits per heavy atom. The number of rotatable bonds is 13. The molecule has 0 aliphatic rings. The van der Waals surface area contributed by atoms with Gasteiger partial charge < -0.3 is 0 Å². The molecule has 0 aliphatic heterocycles. The minimum absolute atomic E-state index is 1.04. The van der Waals surface area contributed by atoms with Crippen molar-refractivity contribution in [2.75, 3.05) is 0 Å². The summed E-state index contributed by atoms with van der Waals surface area (Å²) in [6.07, 6.45) is 10.4. The summed E-state index contributed by atoms with van der Waals surface area (Å²) in [6, 6.07) is 19.3. The number of aliphatic imine (C=N–C) groups is 1. The number of hydrogen-bond donors (Lipinski definition) is 0. The van der Waals surface area contributed by atoms with Gasteiger partial charge >= 0.3 is 178 Å². The fourth-order valence-corrected chi connectivity index (χ4v) is 20.5. The quantitative estimate of drug-likeness (QED) is 0.200. The number of benzene rings is 2. The summed E-state index contributed by atoms with van der Waals surface area (Å²) < 4.78 is 6.09. The number of para-hydroxylation sites is 1. The first kappa shape index (κ1) is 23.2. The molecule has 152 valence electrons. The molecule has 0 aromatic heterocycles. The van der Waals surface area contributed by atoms with Gasteiger partial charge in [0.1, 0.15) is 0 Å². The van der Waals surface area contributed by atoms with Gasteiger partial charge in [0.15, 0.2) is 0 Å². The molecule has 2 heteroatoms. The molecule has 0 heterocycles. The van der Waals surface area contributed by atoms with Gasteiger partial charge in [-0.3, -0.25) is 0 Å². The second kappa shape index (κ2) is 13.2. The normalized spacial score (nSPS) is 12.0. The Bertz CT molecular complexity index is 671. The molecular weight excluding hydrogens is 445 g/mol. The molecular formula is C26H39NSn. The van der Waals surface area contributed by atoms with Gasteiger partial charge in [0.05, 0.1) is 0 Å². The van der Waals surface area contributed by atoms with E-state index < -0.39 is 18.4 Å². The van der Waals surface area contributed by atoms with Crippen molar-refractivity contribution in [1.29, 1.82) is 0 Å². The van der Waals surface area contributed by atoms with E-state index in [1.807, 2.05) is 6.07 Å². The SMILES string of the molecule is CCC[CH2][Sn]([CH2]CCC)([CH2]CCC)[CH2]c1ccccc1C=Nc1ccccc1. The average molecular weight is 484 g/mol. The first-order valence-corrected chi connectivity index (χ1v) is 19.5. The van der Waals surface area contributed by atoms with Gasteiger partial charge in [-0.2, -0.15) is 0 Å². The molecule has 28 heavy (non-hydrogen) atoms. The molecule has 0 fully saturated rings. The second-order valence-electron chi connectivity index (χ2n) is 8.28. The predicted molar refractivity (Wildman–Crippen MR) is 129 cm³/mol. The Balaban J connectivity index is 2.27. The third-order valence-corrected chi connectivity index (χ3v) is 21.2. The molecule has 1 nitrogen and oxygen atoms in total. The summed E-state index contributed by atoms with van der Waals surface area (Å²) in [5, 5.41) is 0. The van der Waals surface area contributed by atoms with Crippen LogP contribution in [0.2, 0.25) is 13.3 Å². The number of unbranched alkanes of at least 4 members (excludes halogenated alkanes) is 3. The van der Waals surface area contributed by atoms with Crippen LogP contribution in [0.3, 0.4) is 0 Å². The zero-order valence-electron chi connectivity index (χ0n) is 18.3. The summed E-state index contributed by atoms with van der Waals surface area (Å²) in [4.78, 5) is 4.75. The fourth-order valence-electron chi connectivity index (χ4n) is 4.18. The summed E-state index contributed by atoms with van der Waals surface area (Å²) in [6.45, 7) is 7.07. The molecule has 2 aromatic rings. The third kappa shape index (κ3) is 7.73. The zero-order valence-corrected chi connectivity index (χ0v) is 21.1. The van der Waals surface area contributed by atoms with Gasteiger partial charge in [0.2, 0.25) is 0 Å². The monoisotopic (exact) mass is 485 g/mol. The van der Waals surface area contributed by atoms with E-state index in [0.29, 0.717) is 0 Å². The van der Waals surface area contributed by atoms with Crippen molar-refractivity contribution in [2.45, 2.75) is 77.0 Å². The molecule has 2 rings (SSSR count). The van der Waals surface area contributed by atoms with Crippen LogP contribution in [0.1, 0.15) is 70.4 Å². The molecule has 0 N–H and O–H groups in total. The third-order valence-electron chi connectivity index (χ3n) is 5.91. The molecule has 0 unspecified atom stereocenters. The van der Waals surface area contributed by atoms with E-state index >= 15 is 0 Å². The standard InChI is InChI=1S/C14H12N.3C4H9.Sn/c1-12-7-5-6-8-13(12)11-15-14-9-3-2-4-10-14;3*1-3-4-2;/h2-11H,1H2;3*1,3-4H2,2H3;.